The van der Waals surface area contributed by atoms with Crippen LogP contribution in [0.4, 0.5) is 23.0 Å². The second-order valence-corrected chi connectivity index (χ2v) is 6.36. The fraction of sp³-hybridized carbons (Fsp3) is 0.250. The van der Waals surface area contributed by atoms with E-state index in [1.165, 1.54) is 18.5 Å². The molecule has 2 N–H and O–H groups in total. The Labute approximate surface area is 153 Å². The Balaban J connectivity index is 1.38. The summed E-state index contributed by atoms with van der Waals surface area (Å²) >= 11 is 0. The molecule has 0 spiro atoms. The van der Waals surface area contributed by atoms with Gasteiger partial charge in [-0.2, -0.15) is 0 Å². The molecule has 4 rings (SSSR count). The molecule has 1 aromatic carbocycles. The maximum atomic E-state index is 4.31. The average molecular weight is 346 g/mol. The van der Waals surface area contributed by atoms with E-state index in [2.05, 4.69) is 54.8 Å². The second-order valence-electron chi connectivity index (χ2n) is 6.36. The number of nitrogens with one attached hydrogen (secondary N) is 2. The largest absolute Gasteiger partial charge is 0.372 e. The van der Waals surface area contributed by atoms with Gasteiger partial charge in [-0.15, -0.1) is 0 Å². The predicted octanol–water partition coefficient (Wildman–Crippen LogP) is 3.83. The van der Waals surface area contributed by atoms with Crippen LogP contribution in [0, 0.1) is 0 Å². The molecule has 26 heavy (non-hydrogen) atoms. The fourth-order valence-electron chi connectivity index (χ4n) is 3.09. The highest BCUT2D eigenvalue weighted by atomic mass is 15.1. The van der Waals surface area contributed by atoms with Crippen molar-refractivity contribution < 1.29 is 0 Å². The van der Waals surface area contributed by atoms with Crippen molar-refractivity contribution >= 4 is 23.0 Å². The normalized spacial score (nSPS) is 13.6. The summed E-state index contributed by atoms with van der Waals surface area (Å²) in [5, 5.41) is 6.65. The number of hydrogen-bond donors (Lipinski definition) is 2. The van der Waals surface area contributed by atoms with Gasteiger partial charge in [-0.3, -0.25) is 4.98 Å². The topological polar surface area (TPSA) is 66.0 Å². The molecular formula is C20H22N6. The molecule has 1 aliphatic heterocycles. The van der Waals surface area contributed by atoms with Crippen molar-refractivity contribution in [2.75, 3.05) is 28.6 Å². The van der Waals surface area contributed by atoms with Crippen molar-refractivity contribution in [1.29, 1.82) is 0 Å². The molecule has 3 aromatic rings. The lowest BCUT2D eigenvalue weighted by Crippen LogP contribution is -2.17. The Bertz CT molecular complexity index is 828. The van der Waals surface area contributed by atoms with E-state index in [1.54, 1.807) is 18.7 Å². The molecule has 6 heteroatoms. The van der Waals surface area contributed by atoms with Crippen LogP contribution in [0.5, 0.6) is 0 Å². The Kier molecular flexibility index (Phi) is 4.91. The zero-order valence-corrected chi connectivity index (χ0v) is 14.6. The van der Waals surface area contributed by atoms with Gasteiger partial charge in [0.2, 0.25) is 0 Å². The van der Waals surface area contributed by atoms with Crippen LogP contribution in [0.15, 0.2) is 61.2 Å². The predicted molar refractivity (Wildman–Crippen MR) is 105 cm³/mol. The van der Waals surface area contributed by atoms with Crippen LogP contribution in [0.1, 0.15) is 18.4 Å². The second kappa shape index (κ2) is 7.82. The van der Waals surface area contributed by atoms with Crippen LogP contribution in [0.2, 0.25) is 0 Å². The zero-order valence-electron chi connectivity index (χ0n) is 14.6. The van der Waals surface area contributed by atoms with Crippen molar-refractivity contribution in [3.63, 3.8) is 0 Å². The summed E-state index contributed by atoms with van der Waals surface area (Å²) in [5.41, 5.74) is 3.47. The number of hydrogen-bond acceptors (Lipinski definition) is 6. The van der Waals surface area contributed by atoms with Gasteiger partial charge in [-0.1, -0.05) is 0 Å². The number of nitrogens with zero attached hydrogens (tertiary/aromatic N) is 4. The van der Waals surface area contributed by atoms with Crippen molar-refractivity contribution in [1.82, 2.24) is 15.0 Å². The van der Waals surface area contributed by atoms with E-state index in [0.717, 1.165) is 36.0 Å². The summed E-state index contributed by atoms with van der Waals surface area (Å²) in [6, 6.07) is 14.4. The first-order valence-electron chi connectivity index (χ1n) is 8.94. The van der Waals surface area contributed by atoms with E-state index in [-0.39, 0.29) is 0 Å². The molecule has 6 nitrogen and oxygen atoms in total. The summed E-state index contributed by atoms with van der Waals surface area (Å²) in [7, 11) is 0. The Hall–Kier alpha value is -3.15. The SMILES string of the molecule is c1cc(CNc2cc(Nc3ccc(N4CCCC4)cc3)ncn2)ccn1. The number of pyridine rings is 1. The summed E-state index contributed by atoms with van der Waals surface area (Å²) < 4.78 is 0. The number of aromatic nitrogens is 3. The third kappa shape index (κ3) is 4.08. The number of rotatable bonds is 6. The minimum atomic E-state index is 0.698. The van der Waals surface area contributed by atoms with Gasteiger partial charge in [0.15, 0.2) is 0 Å². The zero-order chi connectivity index (χ0) is 17.6. The van der Waals surface area contributed by atoms with E-state index >= 15 is 0 Å². The number of benzene rings is 1. The van der Waals surface area contributed by atoms with E-state index < -0.39 is 0 Å². The van der Waals surface area contributed by atoms with Gasteiger partial charge in [-0.25, -0.2) is 9.97 Å². The van der Waals surface area contributed by atoms with Gasteiger partial charge in [0.05, 0.1) is 0 Å². The quantitative estimate of drug-likeness (QED) is 0.707. The van der Waals surface area contributed by atoms with Crippen molar-refractivity contribution in [3.8, 4) is 0 Å². The minimum Gasteiger partial charge on any atom is -0.372 e. The first kappa shape index (κ1) is 16.3. The van der Waals surface area contributed by atoms with Gasteiger partial charge in [0, 0.05) is 49.5 Å². The van der Waals surface area contributed by atoms with Gasteiger partial charge in [0.1, 0.15) is 18.0 Å². The lowest BCUT2D eigenvalue weighted by atomic mass is 10.2. The molecule has 1 aliphatic rings. The highest BCUT2D eigenvalue weighted by Crippen LogP contribution is 2.23. The highest BCUT2D eigenvalue weighted by molar-refractivity contribution is 5.62. The molecule has 1 fully saturated rings. The molecule has 0 amide bonds. The van der Waals surface area contributed by atoms with Gasteiger partial charge >= 0.3 is 0 Å². The van der Waals surface area contributed by atoms with Crippen LogP contribution >= 0.6 is 0 Å². The number of anilines is 4. The maximum absolute atomic E-state index is 4.31. The van der Waals surface area contributed by atoms with Crippen molar-refractivity contribution in [3.05, 3.63) is 66.7 Å². The fourth-order valence-corrected chi connectivity index (χ4v) is 3.09. The summed E-state index contributed by atoms with van der Waals surface area (Å²) in [6.45, 7) is 3.01. The highest BCUT2D eigenvalue weighted by Gasteiger charge is 2.11. The molecule has 2 aromatic heterocycles. The maximum Gasteiger partial charge on any atom is 0.135 e. The lowest BCUT2D eigenvalue weighted by molar-refractivity contribution is 0.949. The molecule has 1 saturated heterocycles. The summed E-state index contributed by atoms with van der Waals surface area (Å²) in [5.74, 6) is 1.55. The van der Waals surface area contributed by atoms with Crippen LogP contribution in [0.25, 0.3) is 0 Å². The Morgan fingerprint density at radius 3 is 2.38 bits per heavy atom. The molecule has 0 saturated carbocycles. The Morgan fingerprint density at radius 1 is 0.885 bits per heavy atom. The van der Waals surface area contributed by atoms with Crippen LogP contribution in [-0.2, 0) is 6.54 Å². The molecule has 0 atom stereocenters. The van der Waals surface area contributed by atoms with E-state index in [9.17, 15) is 0 Å². The Morgan fingerprint density at radius 2 is 1.62 bits per heavy atom. The van der Waals surface area contributed by atoms with Gasteiger partial charge in [-0.05, 0) is 54.8 Å². The smallest absolute Gasteiger partial charge is 0.135 e. The first-order valence-corrected chi connectivity index (χ1v) is 8.94. The average Bonchev–Trinajstić information content (AvgIpc) is 3.23. The van der Waals surface area contributed by atoms with E-state index in [4.69, 9.17) is 0 Å². The third-order valence-corrected chi connectivity index (χ3v) is 4.50. The molecule has 0 bridgehead atoms. The molecule has 132 valence electrons. The first-order chi connectivity index (χ1) is 12.9. The molecule has 0 radical (unpaired) electrons. The molecule has 0 aliphatic carbocycles. The standard InChI is InChI=1S/C20H22N6/c1-2-12-26(11-1)18-5-3-17(4-6-18)25-20-13-19(23-15-24-20)22-14-16-7-9-21-10-8-16/h3-10,13,15H,1-2,11-12,14H2,(H2,22,23,24,25). The summed E-state index contributed by atoms with van der Waals surface area (Å²) in [4.78, 5) is 15.0. The molecule has 3 heterocycles. The van der Waals surface area contributed by atoms with Crippen molar-refractivity contribution in [2.45, 2.75) is 19.4 Å². The monoisotopic (exact) mass is 346 g/mol. The van der Waals surface area contributed by atoms with E-state index in [1.807, 2.05) is 18.2 Å². The third-order valence-electron chi connectivity index (χ3n) is 4.50. The van der Waals surface area contributed by atoms with Crippen molar-refractivity contribution in [2.24, 2.45) is 0 Å². The molecule has 0 unspecified atom stereocenters. The van der Waals surface area contributed by atoms with Crippen LogP contribution in [-0.4, -0.2) is 28.0 Å². The lowest BCUT2D eigenvalue weighted by Gasteiger charge is -2.18. The summed E-state index contributed by atoms with van der Waals surface area (Å²) in [6.07, 6.45) is 7.72. The van der Waals surface area contributed by atoms with E-state index in [0.29, 0.717) is 6.54 Å². The van der Waals surface area contributed by atoms with Crippen LogP contribution < -0.4 is 15.5 Å². The van der Waals surface area contributed by atoms with Gasteiger partial charge in [0.25, 0.3) is 0 Å². The van der Waals surface area contributed by atoms with Crippen LogP contribution in [0.3, 0.4) is 0 Å². The molecular weight excluding hydrogens is 324 g/mol. The van der Waals surface area contributed by atoms with Gasteiger partial charge < -0.3 is 15.5 Å². The minimum absolute atomic E-state index is 0.698.